The average Bonchev–Trinajstić information content (AvgIpc) is 2.89. The quantitative estimate of drug-likeness (QED) is 0.289. The van der Waals surface area contributed by atoms with E-state index in [4.69, 9.17) is 9.57 Å². The van der Waals surface area contributed by atoms with Crippen LogP contribution in [0.4, 0.5) is 4.39 Å². The van der Waals surface area contributed by atoms with E-state index < -0.39 is 29.0 Å². The Hall–Kier alpha value is -4.38. The number of ketones is 1. The van der Waals surface area contributed by atoms with Crippen LogP contribution in [0.3, 0.4) is 0 Å². The summed E-state index contributed by atoms with van der Waals surface area (Å²) in [6.45, 7) is 1.45. The van der Waals surface area contributed by atoms with Crippen molar-refractivity contribution in [3.8, 4) is 5.75 Å². The second-order valence-electron chi connectivity index (χ2n) is 8.84. The van der Waals surface area contributed by atoms with Gasteiger partial charge in [0.2, 0.25) is 0 Å². The van der Waals surface area contributed by atoms with E-state index in [-0.39, 0.29) is 34.9 Å². The summed E-state index contributed by atoms with van der Waals surface area (Å²) in [5.41, 5.74) is -1.05. The highest BCUT2D eigenvalue weighted by Crippen LogP contribution is 2.23. The fourth-order valence-electron chi connectivity index (χ4n) is 4.62. The van der Waals surface area contributed by atoms with Gasteiger partial charge < -0.3 is 14.5 Å². The lowest BCUT2D eigenvalue weighted by Crippen LogP contribution is -2.46. The Labute approximate surface area is 209 Å². The Morgan fingerprint density at radius 2 is 1.62 bits per heavy atom. The summed E-state index contributed by atoms with van der Waals surface area (Å²) in [4.78, 5) is 70.5. The van der Waals surface area contributed by atoms with Crippen LogP contribution in [0.2, 0.25) is 0 Å². The highest BCUT2D eigenvalue weighted by molar-refractivity contribution is 5.98. The molecule has 190 valence electrons. The number of hydrogen-bond donors (Lipinski definition) is 0. The number of carbonyl (C=O) groups excluding carboxylic acids is 3. The van der Waals surface area contributed by atoms with Gasteiger partial charge in [-0.15, -0.1) is 4.73 Å². The van der Waals surface area contributed by atoms with Crippen molar-refractivity contribution in [1.82, 2.24) is 14.2 Å². The minimum atomic E-state index is -0.981. The summed E-state index contributed by atoms with van der Waals surface area (Å²) in [5.74, 6) is -2.54. The molecule has 0 radical (unpaired) electrons. The van der Waals surface area contributed by atoms with Gasteiger partial charge in [0.05, 0.1) is 0 Å². The van der Waals surface area contributed by atoms with Crippen LogP contribution in [0.25, 0.3) is 10.9 Å². The molecule has 0 N–H and O–H groups in total. The number of rotatable bonds is 5. The van der Waals surface area contributed by atoms with E-state index in [1.807, 2.05) is 4.90 Å². The van der Waals surface area contributed by atoms with Gasteiger partial charge in [-0.2, -0.15) is 0 Å². The summed E-state index contributed by atoms with van der Waals surface area (Å²) in [6.07, 6.45) is 2.84. The minimum Gasteiger partial charge on any atom is -0.422 e. The largest absolute Gasteiger partial charge is 0.422 e. The molecule has 37 heavy (non-hydrogen) atoms. The normalized spacial score (nSPS) is 17.4. The maximum Gasteiger partial charge on any atom is 0.365 e. The predicted molar refractivity (Wildman–Crippen MR) is 129 cm³/mol. The van der Waals surface area contributed by atoms with Crippen molar-refractivity contribution in [3.63, 3.8) is 0 Å². The van der Waals surface area contributed by atoms with Gasteiger partial charge >= 0.3 is 17.6 Å². The van der Waals surface area contributed by atoms with Crippen molar-refractivity contribution >= 4 is 28.6 Å². The summed E-state index contributed by atoms with van der Waals surface area (Å²) in [7, 11) is 0. The number of nitrogens with zero attached hydrogens (tertiary/aromatic N) is 3. The van der Waals surface area contributed by atoms with Gasteiger partial charge in [0.1, 0.15) is 22.5 Å². The van der Waals surface area contributed by atoms with Gasteiger partial charge in [0.15, 0.2) is 5.78 Å². The van der Waals surface area contributed by atoms with Gasteiger partial charge in [0, 0.05) is 36.7 Å². The molecule has 0 aliphatic carbocycles. The van der Waals surface area contributed by atoms with Crippen LogP contribution in [0.5, 0.6) is 5.75 Å². The number of carbonyl (C=O) groups is 3. The molecule has 5 rings (SSSR count). The third-order valence-electron chi connectivity index (χ3n) is 6.56. The molecule has 0 amide bonds. The molecule has 3 heterocycles. The SMILES string of the molecule is O=C1/C=C/C(=O)On2c(=O)n(CCN3CCC(C(=O)c4ccc(F)cc4)CC3)c(=O)c3c(cccc32)O1. The third kappa shape index (κ3) is 4.85. The molecule has 2 aromatic carbocycles. The summed E-state index contributed by atoms with van der Waals surface area (Å²) in [6, 6.07) is 9.80. The van der Waals surface area contributed by atoms with Crippen molar-refractivity contribution < 1.29 is 28.3 Å². The number of halogens is 1. The van der Waals surface area contributed by atoms with E-state index in [1.165, 1.54) is 42.5 Å². The molecule has 3 aromatic rings. The maximum absolute atomic E-state index is 13.3. The van der Waals surface area contributed by atoms with E-state index in [2.05, 4.69) is 0 Å². The van der Waals surface area contributed by atoms with Gasteiger partial charge in [-0.1, -0.05) is 6.07 Å². The Morgan fingerprint density at radius 3 is 2.35 bits per heavy atom. The number of Topliss-reactive ketones (excluding diaryl/α,β-unsaturated/α-hetero) is 1. The van der Waals surface area contributed by atoms with Crippen LogP contribution in [0, 0.1) is 11.7 Å². The fourth-order valence-corrected chi connectivity index (χ4v) is 4.62. The van der Waals surface area contributed by atoms with Crippen LogP contribution in [0.15, 0.2) is 64.2 Å². The first-order valence-electron chi connectivity index (χ1n) is 11.7. The minimum absolute atomic E-state index is 0.000296. The van der Waals surface area contributed by atoms with E-state index in [1.54, 1.807) is 0 Å². The second-order valence-corrected chi connectivity index (χ2v) is 8.84. The van der Waals surface area contributed by atoms with Crippen LogP contribution >= 0.6 is 0 Å². The molecular weight excluding hydrogens is 485 g/mol. The number of ether oxygens (including phenoxy) is 1. The molecule has 1 aromatic heterocycles. The average molecular weight is 507 g/mol. The first kappa shape index (κ1) is 24.3. The first-order valence-corrected chi connectivity index (χ1v) is 11.7. The van der Waals surface area contributed by atoms with E-state index in [0.29, 0.717) is 38.0 Å². The van der Waals surface area contributed by atoms with Gasteiger partial charge in [-0.25, -0.2) is 18.8 Å². The molecule has 4 bridgehead atoms. The molecule has 0 atom stereocenters. The Balaban J connectivity index is 1.36. The Bertz CT molecular complexity index is 1550. The predicted octanol–water partition coefficient (Wildman–Crippen LogP) is 1.33. The molecule has 1 fully saturated rings. The first-order chi connectivity index (χ1) is 17.8. The van der Waals surface area contributed by atoms with E-state index in [0.717, 1.165) is 21.4 Å². The van der Waals surface area contributed by atoms with Gasteiger partial charge in [0.25, 0.3) is 5.56 Å². The zero-order valence-electron chi connectivity index (χ0n) is 19.6. The van der Waals surface area contributed by atoms with Crippen LogP contribution in [-0.2, 0) is 16.1 Å². The number of aromatic nitrogens is 2. The van der Waals surface area contributed by atoms with Crippen molar-refractivity contribution in [2.75, 3.05) is 19.6 Å². The molecule has 0 unspecified atom stereocenters. The molecule has 11 heteroatoms. The van der Waals surface area contributed by atoms with E-state index in [9.17, 15) is 28.4 Å². The van der Waals surface area contributed by atoms with Crippen molar-refractivity contribution in [1.29, 1.82) is 0 Å². The second kappa shape index (κ2) is 9.94. The molecule has 0 saturated carbocycles. The highest BCUT2D eigenvalue weighted by atomic mass is 19.1. The molecule has 0 spiro atoms. The number of esters is 1. The Kier molecular flexibility index (Phi) is 6.53. The monoisotopic (exact) mass is 507 g/mol. The lowest BCUT2D eigenvalue weighted by Gasteiger charge is -2.31. The number of benzene rings is 2. The van der Waals surface area contributed by atoms with E-state index >= 15 is 0 Å². The maximum atomic E-state index is 13.3. The third-order valence-corrected chi connectivity index (χ3v) is 6.56. The molecule has 2 aliphatic heterocycles. The molecule has 1 saturated heterocycles. The molecular formula is C26H22FN3O7. The number of hydrogen-bond acceptors (Lipinski definition) is 8. The van der Waals surface area contributed by atoms with Crippen LogP contribution in [-0.4, -0.2) is 51.6 Å². The van der Waals surface area contributed by atoms with Crippen molar-refractivity contribution in [3.05, 3.63) is 86.8 Å². The number of likely N-dealkylation sites (tertiary alicyclic amines) is 1. The zero-order chi connectivity index (χ0) is 26.1. The van der Waals surface area contributed by atoms with Crippen molar-refractivity contribution in [2.45, 2.75) is 19.4 Å². The topological polar surface area (TPSA) is 117 Å². The molecule has 2 aliphatic rings. The summed E-state index contributed by atoms with van der Waals surface area (Å²) >= 11 is 0. The van der Waals surface area contributed by atoms with Crippen molar-refractivity contribution in [2.24, 2.45) is 5.92 Å². The van der Waals surface area contributed by atoms with Gasteiger partial charge in [-0.3, -0.25) is 14.2 Å². The Morgan fingerprint density at radius 1 is 0.919 bits per heavy atom. The number of piperidine rings is 1. The van der Waals surface area contributed by atoms with Gasteiger partial charge in [-0.05, 0) is 62.3 Å². The lowest BCUT2D eigenvalue weighted by molar-refractivity contribution is -0.139. The standard InChI is InChI=1S/C26H22FN3O7/c27-18-6-4-16(5-7-18)24(33)17-10-12-28(13-11-17)14-15-29-25(34)23-19-2-1-3-20(23)36-21(31)8-9-22(32)37-30(19)26(29)35/h1-9,17H,10-15H2/b9-8+. The highest BCUT2D eigenvalue weighted by Gasteiger charge is 2.27. The van der Waals surface area contributed by atoms with Crippen LogP contribution < -0.4 is 20.8 Å². The smallest absolute Gasteiger partial charge is 0.365 e. The fraction of sp³-hybridized carbons (Fsp3) is 0.269. The zero-order valence-corrected chi connectivity index (χ0v) is 19.6. The molecule has 10 nitrogen and oxygen atoms in total. The summed E-state index contributed by atoms with van der Waals surface area (Å²) < 4.78 is 20.1. The van der Waals surface area contributed by atoms with Crippen LogP contribution in [0.1, 0.15) is 23.2 Å². The summed E-state index contributed by atoms with van der Waals surface area (Å²) in [5, 5.41) is -0.0675. The lowest BCUT2D eigenvalue weighted by atomic mass is 9.89.